The molecule has 0 aliphatic heterocycles. The highest BCUT2D eigenvalue weighted by Crippen LogP contribution is 2.01. The fraction of sp³-hybridized carbons (Fsp3) is 0.750. The molecule has 0 heterocycles. The first kappa shape index (κ1) is 11.9. The Balaban J connectivity index is 4.24. The first-order chi connectivity index (χ1) is 5.99. The van der Waals surface area contributed by atoms with Gasteiger partial charge >= 0.3 is 0 Å². The van der Waals surface area contributed by atoms with E-state index in [1.165, 1.54) is 14.0 Å². The van der Waals surface area contributed by atoms with Gasteiger partial charge in [0, 0.05) is 6.92 Å². The summed E-state index contributed by atoms with van der Waals surface area (Å²) in [7, 11) is 1.35. The lowest BCUT2D eigenvalue weighted by Crippen LogP contribution is -2.48. The average molecular weight is 188 g/mol. The number of hydrogen-bond acceptors (Lipinski definition) is 3. The monoisotopic (exact) mass is 188 g/mol. The third-order valence-electron chi connectivity index (χ3n) is 1.51. The lowest BCUT2D eigenvalue weighted by molar-refractivity contribution is -0.137. The van der Waals surface area contributed by atoms with Crippen LogP contribution in [0.25, 0.3) is 0 Å². The molecule has 5 nitrogen and oxygen atoms in total. The second-order valence-electron chi connectivity index (χ2n) is 3.09. The van der Waals surface area contributed by atoms with Crippen molar-refractivity contribution in [3.05, 3.63) is 0 Å². The molecule has 2 amide bonds. The molecule has 76 valence electrons. The standard InChI is InChI=1S/C8H16N2O3/c1-5(2)7(9-6(3)11)8(12)10-13-4/h5,7H,1-4H3,(H,9,11)(H,10,12). The van der Waals surface area contributed by atoms with E-state index >= 15 is 0 Å². The van der Waals surface area contributed by atoms with Gasteiger partial charge in [0.05, 0.1) is 7.11 Å². The number of amides is 2. The molecule has 1 atom stereocenters. The molecular formula is C8H16N2O3. The summed E-state index contributed by atoms with van der Waals surface area (Å²) >= 11 is 0. The van der Waals surface area contributed by atoms with E-state index in [-0.39, 0.29) is 17.7 Å². The molecular weight excluding hydrogens is 172 g/mol. The van der Waals surface area contributed by atoms with Crippen LogP contribution in [0.2, 0.25) is 0 Å². The van der Waals surface area contributed by atoms with Gasteiger partial charge in [0.25, 0.3) is 5.91 Å². The van der Waals surface area contributed by atoms with Crippen LogP contribution in [0.15, 0.2) is 0 Å². The molecule has 0 radical (unpaired) electrons. The number of carbonyl (C=O) groups is 2. The summed E-state index contributed by atoms with van der Waals surface area (Å²) in [5.41, 5.74) is 2.18. The molecule has 2 N–H and O–H groups in total. The largest absolute Gasteiger partial charge is 0.344 e. The van der Waals surface area contributed by atoms with Gasteiger partial charge in [-0.3, -0.25) is 14.4 Å². The van der Waals surface area contributed by atoms with E-state index < -0.39 is 6.04 Å². The minimum atomic E-state index is -0.544. The predicted molar refractivity (Wildman–Crippen MR) is 47.6 cm³/mol. The van der Waals surface area contributed by atoms with Crippen molar-refractivity contribution in [2.24, 2.45) is 5.92 Å². The van der Waals surface area contributed by atoms with Crippen molar-refractivity contribution < 1.29 is 14.4 Å². The Morgan fingerprint density at radius 1 is 1.31 bits per heavy atom. The smallest absolute Gasteiger partial charge is 0.266 e. The number of rotatable bonds is 4. The Kier molecular flexibility index (Phi) is 5.06. The third kappa shape index (κ3) is 4.47. The Bertz CT molecular complexity index is 192. The number of hydrogen-bond donors (Lipinski definition) is 2. The van der Waals surface area contributed by atoms with Gasteiger partial charge in [-0.2, -0.15) is 0 Å². The van der Waals surface area contributed by atoms with Crippen LogP contribution in [-0.4, -0.2) is 25.0 Å². The van der Waals surface area contributed by atoms with Crippen LogP contribution in [-0.2, 0) is 14.4 Å². The minimum absolute atomic E-state index is 0.0269. The van der Waals surface area contributed by atoms with E-state index in [1.807, 2.05) is 13.8 Å². The van der Waals surface area contributed by atoms with Gasteiger partial charge in [-0.1, -0.05) is 13.8 Å². The summed E-state index contributed by atoms with van der Waals surface area (Å²) in [6, 6.07) is -0.544. The number of carbonyl (C=O) groups excluding carboxylic acids is 2. The van der Waals surface area contributed by atoms with E-state index in [0.717, 1.165) is 0 Å². The highest BCUT2D eigenvalue weighted by Gasteiger charge is 2.22. The van der Waals surface area contributed by atoms with Crippen molar-refractivity contribution in [3.63, 3.8) is 0 Å². The molecule has 0 aliphatic carbocycles. The molecule has 0 saturated carbocycles. The zero-order chi connectivity index (χ0) is 10.4. The maximum absolute atomic E-state index is 11.3. The lowest BCUT2D eigenvalue weighted by atomic mass is 10.0. The van der Waals surface area contributed by atoms with Crippen molar-refractivity contribution in [1.82, 2.24) is 10.8 Å². The van der Waals surface area contributed by atoms with Crippen molar-refractivity contribution in [2.75, 3.05) is 7.11 Å². The average Bonchev–Trinajstić information content (AvgIpc) is 1.99. The Labute approximate surface area is 77.8 Å². The van der Waals surface area contributed by atoms with Crippen LogP contribution >= 0.6 is 0 Å². The summed E-state index contributed by atoms with van der Waals surface area (Å²) in [6.45, 7) is 5.06. The Morgan fingerprint density at radius 3 is 2.15 bits per heavy atom. The Hall–Kier alpha value is -1.10. The fourth-order valence-corrected chi connectivity index (χ4v) is 0.918. The van der Waals surface area contributed by atoms with E-state index in [1.54, 1.807) is 0 Å². The molecule has 0 fully saturated rings. The maximum Gasteiger partial charge on any atom is 0.266 e. The van der Waals surface area contributed by atoms with E-state index in [4.69, 9.17) is 0 Å². The summed E-state index contributed by atoms with van der Waals surface area (Å²) in [4.78, 5) is 26.5. The summed E-state index contributed by atoms with van der Waals surface area (Å²) in [5.74, 6) is -0.545. The van der Waals surface area contributed by atoms with Gasteiger partial charge in [0.2, 0.25) is 5.91 Å². The molecule has 0 spiro atoms. The van der Waals surface area contributed by atoms with Crippen LogP contribution < -0.4 is 10.8 Å². The number of nitrogens with one attached hydrogen (secondary N) is 2. The van der Waals surface area contributed by atoms with Crippen LogP contribution in [0, 0.1) is 5.92 Å². The first-order valence-electron chi connectivity index (χ1n) is 4.09. The van der Waals surface area contributed by atoms with Gasteiger partial charge in [-0.05, 0) is 5.92 Å². The van der Waals surface area contributed by atoms with Crippen LogP contribution in [0.3, 0.4) is 0 Å². The minimum Gasteiger partial charge on any atom is -0.344 e. The summed E-state index contributed by atoms with van der Waals surface area (Å²) in [6.07, 6.45) is 0. The van der Waals surface area contributed by atoms with Gasteiger partial charge in [0.15, 0.2) is 0 Å². The van der Waals surface area contributed by atoms with Gasteiger partial charge in [-0.15, -0.1) is 0 Å². The molecule has 0 rings (SSSR count). The molecule has 0 aliphatic rings. The zero-order valence-electron chi connectivity index (χ0n) is 8.38. The van der Waals surface area contributed by atoms with E-state index in [2.05, 4.69) is 15.6 Å². The molecule has 0 aromatic carbocycles. The SMILES string of the molecule is CONC(=O)C(NC(C)=O)C(C)C. The summed E-state index contributed by atoms with van der Waals surface area (Å²) in [5, 5.41) is 2.53. The lowest BCUT2D eigenvalue weighted by Gasteiger charge is -2.19. The van der Waals surface area contributed by atoms with Gasteiger partial charge < -0.3 is 5.32 Å². The van der Waals surface area contributed by atoms with Crippen LogP contribution in [0.1, 0.15) is 20.8 Å². The maximum atomic E-state index is 11.3. The number of hydroxylamine groups is 1. The van der Waals surface area contributed by atoms with Crippen LogP contribution in [0.5, 0.6) is 0 Å². The summed E-state index contributed by atoms with van der Waals surface area (Å²) < 4.78 is 0. The fourth-order valence-electron chi connectivity index (χ4n) is 0.918. The first-order valence-corrected chi connectivity index (χ1v) is 4.09. The molecule has 0 aromatic heterocycles. The van der Waals surface area contributed by atoms with E-state index in [9.17, 15) is 9.59 Å². The quantitative estimate of drug-likeness (QED) is 0.602. The highest BCUT2D eigenvalue weighted by molar-refractivity contribution is 5.86. The second-order valence-corrected chi connectivity index (χ2v) is 3.09. The highest BCUT2D eigenvalue weighted by atomic mass is 16.6. The van der Waals surface area contributed by atoms with Crippen molar-refractivity contribution in [3.8, 4) is 0 Å². The van der Waals surface area contributed by atoms with Crippen molar-refractivity contribution in [2.45, 2.75) is 26.8 Å². The molecule has 13 heavy (non-hydrogen) atoms. The van der Waals surface area contributed by atoms with Gasteiger partial charge in [0.1, 0.15) is 6.04 Å². The van der Waals surface area contributed by atoms with E-state index in [0.29, 0.717) is 0 Å². The molecule has 0 aromatic rings. The molecule has 0 saturated heterocycles. The van der Waals surface area contributed by atoms with Gasteiger partial charge in [-0.25, -0.2) is 5.48 Å². The van der Waals surface area contributed by atoms with Crippen LogP contribution in [0.4, 0.5) is 0 Å². The van der Waals surface area contributed by atoms with Crippen molar-refractivity contribution in [1.29, 1.82) is 0 Å². The van der Waals surface area contributed by atoms with Crippen molar-refractivity contribution >= 4 is 11.8 Å². The molecule has 1 unspecified atom stereocenters. The molecule has 5 heteroatoms. The normalized spacial score (nSPS) is 12.4. The Morgan fingerprint density at radius 2 is 1.85 bits per heavy atom. The molecule has 0 bridgehead atoms. The zero-order valence-corrected chi connectivity index (χ0v) is 8.38. The topological polar surface area (TPSA) is 67.4 Å². The predicted octanol–water partition coefficient (Wildman–Crippen LogP) is -0.175. The second kappa shape index (κ2) is 5.53. The third-order valence-corrected chi connectivity index (χ3v) is 1.51.